The van der Waals surface area contributed by atoms with Crippen molar-refractivity contribution in [1.29, 1.82) is 0 Å². The zero-order valence-electron chi connectivity index (χ0n) is 8.84. The first-order valence-corrected chi connectivity index (χ1v) is 4.77. The molecule has 0 aliphatic heterocycles. The summed E-state index contributed by atoms with van der Waals surface area (Å²) in [5.41, 5.74) is 1.04. The number of oxazole rings is 1. The SMILES string of the molecule is Cn1c(=O)oc2cc(NCC(F)(F)F)ccc21. The van der Waals surface area contributed by atoms with Crippen LogP contribution in [0.2, 0.25) is 0 Å². The van der Waals surface area contributed by atoms with Crippen molar-refractivity contribution in [2.75, 3.05) is 11.9 Å². The van der Waals surface area contributed by atoms with Gasteiger partial charge in [0.1, 0.15) is 6.54 Å². The van der Waals surface area contributed by atoms with Crippen LogP contribution in [0, 0.1) is 0 Å². The molecular weight excluding hydrogens is 237 g/mol. The third kappa shape index (κ3) is 2.43. The zero-order chi connectivity index (χ0) is 12.6. The fourth-order valence-corrected chi connectivity index (χ4v) is 1.45. The number of anilines is 1. The van der Waals surface area contributed by atoms with Gasteiger partial charge in [0.25, 0.3) is 0 Å². The normalized spacial score (nSPS) is 12.0. The highest BCUT2D eigenvalue weighted by molar-refractivity contribution is 5.77. The summed E-state index contributed by atoms with van der Waals surface area (Å²) < 4.78 is 42.1. The number of fused-ring (bicyclic) bond motifs is 1. The molecule has 1 heterocycles. The van der Waals surface area contributed by atoms with E-state index in [4.69, 9.17) is 4.42 Å². The second-order valence-corrected chi connectivity index (χ2v) is 3.58. The van der Waals surface area contributed by atoms with E-state index in [1.54, 1.807) is 0 Å². The fraction of sp³-hybridized carbons (Fsp3) is 0.300. The Morgan fingerprint density at radius 3 is 2.76 bits per heavy atom. The lowest BCUT2D eigenvalue weighted by molar-refractivity contribution is -0.115. The molecule has 0 bridgehead atoms. The van der Waals surface area contributed by atoms with Gasteiger partial charge in [-0.3, -0.25) is 4.57 Å². The van der Waals surface area contributed by atoms with Crippen LogP contribution in [-0.2, 0) is 7.05 Å². The van der Waals surface area contributed by atoms with Crippen molar-refractivity contribution in [3.05, 3.63) is 28.7 Å². The van der Waals surface area contributed by atoms with Gasteiger partial charge in [-0.15, -0.1) is 0 Å². The molecule has 0 atom stereocenters. The first-order valence-electron chi connectivity index (χ1n) is 4.77. The van der Waals surface area contributed by atoms with Crippen LogP contribution >= 0.6 is 0 Å². The smallest absolute Gasteiger partial charge is 0.408 e. The standard InChI is InChI=1S/C10H9F3N2O2/c1-15-7-3-2-6(14-5-10(11,12)13)4-8(7)17-9(15)16/h2-4,14H,5H2,1H3. The molecule has 1 aromatic heterocycles. The quantitative estimate of drug-likeness (QED) is 0.882. The number of aryl methyl sites for hydroxylation is 1. The van der Waals surface area contributed by atoms with E-state index in [1.807, 2.05) is 0 Å². The lowest BCUT2D eigenvalue weighted by atomic mass is 10.3. The highest BCUT2D eigenvalue weighted by atomic mass is 19.4. The van der Waals surface area contributed by atoms with E-state index in [-0.39, 0.29) is 11.3 Å². The minimum atomic E-state index is -4.29. The Morgan fingerprint density at radius 2 is 2.12 bits per heavy atom. The van der Waals surface area contributed by atoms with Gasteiger partial charge in [0.15, 0.2) is 5.58 Å². The molecule has 92 valence electrons. The molecule has 0 fully saturated rings. The summed E-state index contributed by atoms with van der Waals surface area (Å²) >= 11 is 0. The zero-order valence-corrected chi connectivity index (χ0v) is 8.84. The molecule has 0 radical (unpaired) electrons. The molecule has 2 aromatic rings. The molecular formula is C10H9F3N2O2. The van der Waals surface area contributed by atoms with Crippen LogP contribution in [0.4, 0.5) is 18.9 Å². The van der Waals surface area contributed by atoms with Crippen molar-refractivity contribution in [2.24, 2.45) is 7.05 Å². The predicted molar refractivity (Wildman–Crippen MR) is 56.0 cm³/mol. The highest BCUT2D eigenvalue weighted by Gasteiger charge is 2.26. The predicted octanol–water partition coefficient (Wildman–Crippen LogP) is 2.11. The summed E-state index contributed by atoms with van der Waals surface area (Å²) in [5, 5.41) is 2.21. The second kappa shape index (κ2) is 3.83. The molecule has 4 nitrogen and oxygen atoms in total. The Kier molecular flexibility index (Phi) is 2.60. The Hall–Kier alpha value is -1.92. The maximum Gasteiger partial charge on any atom is 0.419 e. The maximum absolute atomic E-state index is 12.0. The van der Waals surface area contributed by atoms with Crippen molar-refractivity contribution in [2.45, 2.75) is 6.18 Å². The molecule has 1 N–H and O–H groups in total. The van der Waals surface area contributed by atoms with Crippen LogP contribution in [0.3, 0.4) is 0 Å². The van der Waals surface area contributed by atoms with Crippen LogP contribution in [0.5, 0.6) is 0 Å². The molecule has 0 amide bonds. The van der Waals surface area contributed by atoms with E-state index in [0.717, 1.165) is 0 Å². The van der Waals surface area contributed by atoms with Gasteiger partial charge in [-0.2, -0.15) is 13.2 Å². The molecule has 0 unspecified atom stereocenters. The third-order valence-corrected chi connectivity index (χ3v) is 2.29. The van der Waals surface area contributed by atoms with Gasteiger partial charge in [-0.1, -0.05) is 0 Å². The van der Waals surface area contributed by atoms with Gasteiger partial charge in [-0.25, -0.2) is 4.79 Å². The lowest BCUT2D eigenvalue weighted by Crippen LogP contribution is -2.21. The molecule has 0 spiro atoms. The summed E-state index contributed by atoms with van der Waals surface area (Å²) in [5.74, 6) is -0.548. The number of hydrogen-bond donors (Lipinski definition) is 1. The third-order valence-electron chi connectivity index (χ3n) is 2.29. The van der Waals surface area contributed by atoms with Crippen molar-refractivity contribution < 1.29 is 17.6 Å². The number of aromatic nitrogens is 1. The Bertz CT molecular complexity index is 598. The van der Waals surface area contributed by atoms with Gasteiger partial charge in [-0.05, 0) is 12.1 Å². The van der Waals surface area contributed by atoms with Gasteiger partial charge in [0.05, 0.1) is 5.52 Å². The summed E-state index contributed by atoms with van der Waals surface area (Å²) in [6, 6.07) is 4.35. The van der Waals surface area contributed by atoms with E-state index in [9.17, 15) is 18.0 Å². The number of halogens is 3. The first kappa shape index (κ1) is 11.6. The highest BCUT2D eigenvalue weighted by Crippen LogP contribution is 2.20. The van der Waals surface area contributed by atoms with Crippen LogP contribution in [0.25, 0.3) is 11.1 Å². The Balaban J connectivity index is 2.29. The molecule has 0 aliphatic rings. The van der Waals surface area contributed by atoms with Crippen LogP contribution < -0.4 is 11.1 Å². The molecule has 0 saturated heterocycles. The number of benzene rings is 1. The average Bonchev–Trinajstić information content (AvgIpc) is 2.51. The molecule has 1 aromatic carbocycles. The Morgan fingerprint density at radius 1 is 1.41 bits per heavy atom. The van der Waals surface area contributed by atoms with E-state index in [1.165, 1.54) is 29.8 Å². The summed E-state index contributed by atoms with van der Waals surface area (Å²) in [7, 11) is 1.52. The molecule has 7 heteroatoms. The number of hydrogen-bond acceptors (Lipinski definition) is 3. The van der Waals surface area contributed by atoms with Gasteiger partial charge >= 0.3 is 11.9 Å². The first-order chi connectivity index (χ1) is 7.87. The number of nitrogens with one attached hydrogen (secondary N) is 1. The minimum Gasteiger partial charge on any atom is -0.408 e. The maximum atomic E-state index is 12.0. The second-order valence-electron chi connectivity index (χ2n) is 3.58. The summed E-state index contributed by atoms with van der Waals surface area (Å²) in [6.07, 6.45) is -4.29. The van der Waals surface area contributed by atoms with E-state index in [2.05, 4.69) is 5.32 Å². The summed E-state index contributed by atoms with van der Waals surface area (Å²) in [6.45, 7) is -1.13. The van der Waals surface area contributed by atoms with E-state index >= 15 is 0 Å². The number of nitrogens with zero attached hydrogens (tertiary/aromatic N) is 1. The van der Waals surface area contributed by atoms with Gasteiger partial charge < -0.3 is 9.73 Å². The lowest BCUT2D eigenvalue weighted by Gasteiger charge is -2.08. The molecule has 0 aliphatic carbocycles. The van der Waals surface area contributed by atoms with Crippen molar-refractivity contribution >= 4 is 16.8 Å². The van der Waals surface area contributed by atoms with Crippen LogP contribution in [0.15, 0.2) is 27.4 Å². The Labute approximate surface area is 93.6 Å². The average molecular weight is 246 g/mol. The van der Waals surface area contributed by atoms with Crippen LogP contribution in [-0.4, -0.2) is 17.3 Å². The van der Waals surface area contributed by atoms with E-state index < -0.39 is 18.5 Å². The fourth-order valence-electron chi connectivity index (χ4n) is 1.45. The van der Waals surface area contributed by atoms with Gasteiger partial charge in [0.2, 0.25) is 0 Å². The van der Waals surface area contributed by atoms with Gasteiger partial charge in [0, 0.05) is 18.8 Å². The number of alkyl halides is 3. The number of rotatable bonds is 2. The van der Waals surface area contributed by atoms with Crippen molar-refractivity contribution in [3.8, 4) is 0 Å². The van der Waals surface area contributed by atoms with Crippen molar-refractivity contribution in [3.63, 3.8) is 0 Å². The van der Waals surface area contributed by atoms with Crippen molar-refractivity contribution in [1.82, 2.24) is 4.57 Å². The monoisotopic (exact) mass is 246 g/mol. The summed E-state index contributed by atoms with van der Waals surface area (Å²) in [4.78, 5) is 11.2. The minimum absolute atomic E-state index is 0.254. The molecule has 17 heavy (non-hydrogen) atoms. The topological polar surface area (TPSA) is 47.2 Å². The largest absolute Gasteiger partial charge is 0.419 e. The molecule has 2 rings (SSSR count). The molecule has 0 saturated carbocycles. The van der Waals surface area contributed by atoms with E-state index in [0.29, 0.717) is 5.52 Å². The van der Waals surface area contributed by atoms with Crippen LogP contribution in [0.1, 0.15) is 0 Å².